The third-order valence-electron chi connectivity index (χ3n) is 3.98. The van der Waals surface area contributed by atoms with Gasteiger partial charge in [0.05, 0.1) is 5.69 Å². The summed E-state index contributed by atoms with van der Waals surface area (Å²) in [5.74, 6) is 0. The second-order valence-corrected chi connectivity index (χ2v) is 7.48. The molecule has 24 heavy (non-hydrogen) atoms. The lowest BCUT2D eigenvalue weighted by atomic mass is 9.94. The van der Waals surface area contributed by atoms with Crippen molar-refractivity contribution >= 4 is 23.3 Å². The van der Waals surface area contributed by atoms with Crippen molar-refractivity contribution in [2.75, 3.05) is 0 Å². The molecule has 0 aliphatic rings. The van der Waals surface area contributed by atoms with Gasteiger partial charge in [0.1, 0.15) is 0 Å². The van der Waals surface area contributed by atoms with E-state index in [2.05, 4.69) is 75.2 Å². The third kappa shape index (κ3) is 3.65. The molecule has 1 heterocycles. The molecule has 2 nitrogen and oxygen atoms in total. The Morgan fingerprint density at radius 3 is 2.46 bits per heavy atom. The molecule has 0 unspecified atom stereocenters. The molecule has 3 rings (SSSR count). The topological polar surface area (TPSA) is 32.9 Å². The highest BCUT2D eigenvalue weighted by molar-refractivity contribution is 5.91. The zero-order valence-corrected chi connectivity index (χ0v) is 14.7. The number of aromatic nitrogens is 1. The Bertz CT molecular complexity index is 923. The first kappa shape index (κ1) is 16.3. The van der Waals surface area contributed by atoms with Crippen LogP contribution < -0.4 is 0 Å². The van der Waals surface area contributed by atoms with Gasteiger partial charge in [-0.3, -0.25) is 4.79 Å². The number of benzene rings is 2. The second kappa shape index (κ2) is 6.12. The Morgan fingerprint density at radius 1 is 0.958 bits per heavy atom. The molecule has 0 bridgehead atoms. The van der Waals surface area contributed by atoms with E-state index in [0.717, 1.165) is 22.8 Å². The number of carbonyl (C=O) groups excluding carboxylic acids is 1. The Kier molecular flexibility index (Phi) is 4.15. The molecular formula is C22H23NO. The van der Waals surface area contributed by atoms with E-state index in [1.807, 2.05) is 12.1 Å². The molecule has 0 aliphatic heterocycles. The highest BCUT2D eigenvalue weighted by Gasteiger charge is 2.06. The molecule has 0 amide bonds. The van der Waals surface area contributed by atoms with E-state index < -0.39 is 0 Å². The molecule has 0 radical (unpaired) electrons. The minimum atomic E-state index is 0.166. The predicted octanol–water partition coefficient (Wildman–Crippen LogP) is 6.02. The van der Waals surface area contributed by atoms with Crippen molar-refractivity contribution in [2.45, 2.75) is 27.7 Å². The van der Waals surface area contributed by atoms with Gasteiger partial charge in [-0.05, 0) is 58.9 Å². The van der Waals surface area contributed by atoms with Crippen molar-refractivity contribution in [2.24, 2.45) is 5.41 Å². The summed E-state index contributed by atoms with van der Waals surface area (Å²) >= 11 is 0. The van der Waals surface area contributed by atoms with Crippen LogP contribution in [0.1, 0.15) is 42.4 Å². The largest absolute Gasteiger partial charge is 0.352 e. The van der Waals surface area contributed by atoms with E-state index in [-0.39, 0.29) is 5.41 Å². The molecule has 0 fully saturated rings. The van der Waals surface area contributed by atoms with Crippen molar-refractivity contribution in [3.05, 3.63) is 65.4 Å². The van der Waals surface area contributed by atoms with Gasteiger partial charge in [-0.2, -0.15) is 0 Å². The summed E-state index contributed by atoms with van der Waals surface area (Å²) in [6, 6.07) is 14.8. The summed E-state index contributed by atoms with van der Waals surface area (Å²) in [6.45, 7) is 8.72. The average Bonchev–Trinajstić information content (AvgIpc) is 2.94. The van der Waals surface area contributed by atoms with Gasteiger partial charge in [0, 0.05) is 10.9 Å². The van der Waals surface area contributed by atoms with Crippen LogP contribution in [0.25, 0.3) is 28.1 Å². The minimum Gasteiger partial charge on any atom is -0.352 e. The van der Waals surface area contributed by atoms with Gasteiger partial charge in [0.2, 0.25) is 0 Å². The van der Waals surface area contributed by atoms with E-state index in [0.29, 0.717) is 5.69 Å². The van der Waals surface area contributed by atoms with Crippen LogP contribution in [0.15, 0.2) is 48.5 Å². The smallest absolute Gasteiger partial charge is 0.166 e. The summed E-state index contributed by atoms with van der Waals surface area (Å²) in [6.07, 6.45) is 5.27. The quantitative estimate of drug-likeness (QED) is 0.589. The number of hydrogen-bond donors (Lipinski definition) is 1. The van der Waals surface area contributed by atoms with E-state index in [9.17, 15) is 4.79 Å². The molecule has 0 saturated carbocycles. The first-order valence-corrected chi connectivity index (χ1v) is 8.23. The van der Waals surface area contributed by atoms with Gasteiger partial charge >= 0.3 is 0 Å². The summed E-state index contributed by atoms with van der Waals surface area (Å²) in [5.41, 5.74) is 6.57. The fraction of sp³-hybridized carbons (Fsp3) is 0.227. The molecule has 0 aliphatic carbocycles. The summed E-state index contributed by atoms with van der Waals surface area (Å²) < 4.78 is 0. The van der Waals surface area contributed by atoms with Crippen LogP contribution in [0.3, 0.4) is 0 Å². The van der Waals surface area contributed by atoms with Crippen molar-refractivity contribution in [3.63, 3.8) is 0 Å². The van der Waals surface area contributed by atoms with Crippen LogP contribution in [0.2, 0.25) is 0 Å². The van der Waals surface area contributed by atoms with Crippen LogP contribution in [-0.4, -0.2) is 11.3 Å². The Hall–Kier alpha value is -2.61. The Balaban J connectivity index is 2.03. The summed E-state index contributed by atoms with van der Waals surface area (Å²) in [7, 11) is 0. The number of carbonyl (C=O) groups is 1. The summed E-state index contributed by atoms with van der Waals surface area (Å²) in [5, 5.41) is 1.06. The monoisotopic (exact) mass is 317 g/mol. The van der Waals surface area contributed by atoms with Crippen molar-refractivity contribution in [1.82, 2.24) is 4.98 Å². The highest BCUT2D eigenvalue weighted by Crippen LogP contribution is 2.27. The molecule has 3 aromatic rings. The van der Waals surface area contributed by atoms with Gasteiger partial charge in [-0.15, -0.1) is 0 Å². The van der Waals surface area contributed by atoms with Crippen molar-refractivity contribution < 1.29 is 4.79 Å². The first-order chi connectivity index (χ1) is 11.3. The van der Waals surface area contributed by atoms with Crippen LogP contribution in [0, 0.1) is 12.3 Å². The van der Waals surface area contributed by atoms with Gasteiger partial charge in [-0.1, -0.05) is 51.1 Å². The molecule has 122 valence electrons. The minimum absolute atomic E-state index is 0.166. The van der Waals surface area contributed by atoms with Gasteiger partial charge < -0.3 is 4.98 Å². The van der Waals surface area contributed by atoms with Crippen molar-refractivity contribution in [3.8, 4) is 11.1 Å². The SMILES string of the molecule is Cc1cc(/C=C/C(C)(C)C)cc(-c2ccc3[nH]c(C=O)cc3c2)c1. The molecular weight excluding hydrogens is 294 g/mol. The van der Waals surface area contributed by atoms with Crippen molar-refractivity contribution in [1.29, 1.82) is 0 Å². The summed E-state index contributed by atoms with van der Waals surface area (Å²) in [4.78, 5) is 14.0. The number of hydrogen-bond acceptors (Lipinski definition) is 1. The lowest BCUT2D eigenvalue weighted by Crippen LogP contribution is -1.98. The zero-order valence-electron chi connectivity index (χ0n) is 14.7. The van der Waals surface area contributed by atoms with E-state index in [1.165, 1.54) is 16.7 Å². The second-order valence-electron chi connectivity index (χ2n) is 7.48. The zero-order chi connectivity index (χ0) is 17.3. The molecule has 0 atom stereocenters. The lowest BCUT2D eigenvalue weighted by molar-refractivity contribution is 0.112. The maximum absolute atomic E-state index is 10.9. The van der Waals surface area contributed by atoms with Crippen LogP contribution >= 0.6 is 0 Å². The molecule has 2 aromatic carbocycles. The molecule has 1 aromatic heterocycles. The van der Waals surface area contributed by atoms with Crippen LogP contribution in [-0.2, 0) is 0 Å². The number of nitrogens with one attached hydrogen (secondary N) is 1. The predicted molar refractivity (Wildman–Crippen MR) is 102 cm³/mol. The number of rotatable bonds is 3. The molecule has 2 heteroatoms. The number of allylic oxidation sites excluding steroid dienone is 1. The highest BCUT2D eigenvalue weighted by atomic mass is 16.1. The Morgan fingerprint density at radius 2 is 1.75 bits per heavy atom. The fourth-order valence-corrected chi connectivity index (χ4v) is 2.82. The normalized spacial score (nSPS) is 12.2. The van der Waals surface area contributed by atoms with Crippen LogP contribution in [0.4, 0.5) is 0 Å². The number of aromatic amines is 1. The standard InChI is InChI=1S/C22H23NO/c1-15-9-16(7-8-22(2,3)4)11-18(10-15)17-5-6-21-19(12-17)13-20(14-24)23-21/h5-14,23H,1-4H3/b8-7+. The fourth-order valence-electron chi connectivity index (χ4n) is 2.82. The maximum atomic E-state index is 10.9. The number of aldehydes is 1. The van der Waals surface area contributed by atoms with Crippen LogP contribution in [0.5, 0.6) is 0 Å². The van der Waals surface area contributed by atoms with Gasteiger partial charge in [-0.25, -0.2) is 0 Å². The van der Waals surface area contributed by atoms with Gasteiger partial charge in [0.15, 0.2) is 6.29 Å². The number of aryl methyl sites for hydroxylation is 1. The first-order valence-electron chi connectivity index (χ1n) is 8.23. The van der Waals surface area contributed by atoms with Gasteiger partial charge in [0.25, 0.3) is 0 Å². The maximum Gasteiger partial charge on any atom is 0.166 e. The lowest BCUT2D eigenvalue weighted by Gasteiger charge is -2.12. The Labute approximate surface area is 143 Å². The van der Waals surface area contributed by atoms with E-state index in [1.54, 1.807) is 0 Å². The average molecular weight is 317 g/mol. The molecule has 0 saturated heterocycles. The molecule has 0 spiro atoms. The number of H-pyrrole nitrogens is 1. The van der Waals surface area contributed by atoms with E-state index in [4.69, 9.17) is 0 Å². The third-order valence-corrected chi connectivity index (χ3v) is 3.98. The van der Waals surface area contributed by atoms with E-state index >= 15 is 0 Å². The molecule has 1 N–H and O–H groups in total. The number of fused-ring (bicyclic) bond motifs is 1.